The largest absolute Gasteiger partial charge is 0.481 e. The molecule has 0 spiro atoms. The zero-order valence-corrected chi connectivity index (χ0v) is 14.6. The normalized spacial score (nSPS) is 11.4. The third kappa shape index (κ3) is 5.57. The van der Waals surface area contributed by atoms with Crippen molar-refractivity contribution >= 4 is 29.3 Å². The Kier molecular flexibility index (Phi) is 6.24. The number of carboxylic acids is 1. The van der Waals surface area contributed by atoms with Crippen LogP contribution in [0.25, 0.3) is 0 Å². The standard InChI is InChI=1S/C17H14ClF3O3S/c1-2-25-15-4-3-12(9-14(15)17(19,20)21)24-13-6-10(7-16(22)23)5-11(18)8-13/h3-6,8-9H,2,7H2,1H3,(H,22,23). The van der Waals surface area contributed by atoms with Crippen molar-refractivity contribution in [3.05, 3.63) is 52.5 Å². The number of ether oxygens (including phenoxy) is 1. The van der Waals surface area contributed by atoms with Crippen LogP contribution in [0.2, 0.25) is 5.02 Å². The summed E-state index contributed by atoms with van der Waals surface area (Å²) in [6.07, 6.45) is -4.77. The van der Waals surface area contributed by atoms with Crippen LogP contribution in [0.15, 0.2) is 41.3 Å². The van der Waals surface area contributed by atoms with E-state index >= 15 is 0 Å². The number of thioether (sulfide) groups is 1. The van der Waals surface area contributed by atoms with E-state index in [1.807, 2.05) is 0 Å². The summed E-state index contributed by atoms with van der Waals surface area (Å²) in [5, 5.41) is 9.07. The molecule has 2 aromatic carbocycles. The van der Waals surface area contributed by atoms with Crippen LogP contribution in [0.4, 0.5) is 13.2 Å². The first kappa shape index (κ1) is 19.5. The van der Waals surface area contributed by atoms with Gasteiger partial charge in [-0.2, -0.15) is 13.2 Å². The first-order valence-corrected chi connectivity index (χ1v) is 8.58. The first-order chi connectivity index (χ1) is 11.7. The highest BCUT2D eigenvalue weighted by Gasteiger charge is 2.34. The topological polar surface area (TPSA) is 46.5 Å². The summed E-state index contributed by atoms with van der Waals surface area (Å²) in [5.41, 5.74) is -0.381. The molecule has 3 nitrogen and oxygen atoms in total. The zero-order valence-electron chi connectivity index (χ0n) is 13.1. The first-order valence-electron chi connectivity index (χ1n) is 7.22. The number of benzene rings is 2. The number of hydrogen-bond acceptors (Lipinski definition) is 3. The van der Waals surface area contributed by atoms with Crippen LogP contribution in [-0.4, -0.2) is 16.8 Å². The van der Waals surface area contributed by atoms with E-state index in [9.17, 15) is 18.0 Å². The zero-order chi connectivity index (χ0) is 18.6. The van der Waals surface area contributed by atoms with Crippen molar-refractivity contribution in [1.29, 1.82) is 0 Å². The Morgan fingerprint density at radius 1 is 1.20 bits per heavy atom. The smallest absolute Gasteiger partial charge is 0.417 e. The van der Waals surface area contributed by atoms with E-state index in [-0.39, 0.29) is 27.8 Å². The molecule has 0 unspecified atom stereocenters. The van der Waals surface area contributed by atoms with Crippen LogP contribution in [0.1, 0.15) is 18.1 Å². The number of carbonyl (C=O) groups is 1. The molecule has 8 heteroatoms. The van der Waals surface area contributed by atoms with E-state index in [1.165, 1.54) is 30.3 Å². The van der Waals surface area contributed by atoms with E-state index in [2.05, 4.69) is 0 Å². The summed E-state index contributed by atoms with van der Waals surface area (Å²) in [5.74, 6) is -0.367. The highest BCUT2D eigenvalue weighted by atomic mass is 35.5. The summed E-state index contributed by atoms with van der Waals surface area (Å²) in [6, 6.07) is 8.03. The van der Waals surface area contributed by atoms with Gasteiger partial charge in [0.15, 0.2) is 0 Å². The van der Waals surface area contributed by atoms with Gasteiger partial charge in [-0.3, -0.25) is 4.79 Å². The molecule has 0 saturated carbocycles. The molecule has 0 aromatic heterocycles. The van der Waals surface area contributed by atoms with Gasteiger partial charge in [-0.25, -0.2) is 0 Å². The van der Waals surface area contributed by atoms with E-state index in [0.717, 1.165) is 17.8 Å². The number of carboxylic acid groups (broad SMARTS) is 1. The molecule has 2 rings (SSSR count). The van der Waals surface area contributed by atoms with Crippen molar-refractivity contribution < 1.29 is 27.8 Å². The van der Waals surface area contributed by atoms with E-state index in [4.69, 9.17) is 21.4 Å². The monoisotopic (exact) mass is 390 g/mol. The molecule has 0 fully saturated rings. The lowest BCUT2D eigenvalue weighted by molar-refractivity contribution is -0.140. The Hall–Kier alpha value is -1.86. The van der Waals surface area contributed by atoms with Crippen molar-refractivity contribution in [3.63, 3.8) is 0 Å². The minimum Gasteiger partial charge on any atom is -0.481 e. The number of halogens is 4. The van der Waals surface area contributed by atoms with Gasteiger partial charge in [0, 0.05) is 9.92 Å². The third-order valence-electron chi connectivity index (χ3n) is 3.08. The van der Waals surface area contributed by atoms with Crippen molar-refractivity contribution in [3.8, 4) is 11.5 Å². The Balaban J connectivity index is 2.34. The second-order valence-electron chi connectivity index (χ2n) is 5.06. The van der Waals surface area contributed by atoms with Gasteiger partial charge in [0.25, 0.3) is 0 Å². The van der Waals surface area contributed by atoms with Gasteiger partial charge in [0.05, 0.1) is 12.0 Å². The lowest BCUT2D eigenvalue weighted by Gasteiger charge is -2.14. The number of hydrogen-bond donors (Lipinski definition) is 1. The van der Waals surface area contributed by atoms with Gasteiger partial charge in [0.1, 0.15) is 11.5 Å². The van der Waals surface area contributed by atoms with Crippen LogP contribution < -0.4 is 4.74 Å². The lowest BCUT2D eigenvalue weighted by atomic mass is 10.1. The van der Waals surface area contributed by atoms with Gasteiger partial charge < -0.3 is 9.84 Å². The molecule has 0 bridgehead atoms. The Labute approximate surface area is 151 Å². The van der Waals surface area contributed by atoms with Gasteiger partial charge in [-0.1, -0.05) is 18.5 Å². The molecule has 0 saturated heterocycles. The predicted octanol–water partition coefficient (Wildman–Crippen LogP) is 5.89. The maximum Gasteiger partial charge on any atom is 0.417 e. The summed E-state index contributed by atoms with van der Waals surface area (Å²) < 4.78 is 45.1. The molecule has 25 heavy (non-hydrogen) atoms. The Morgan fingerprint density at radius 2 is 1.92 bits per heavy atom. The van der Waals surface area contributed by atoms with Crippen molar-refractivity contribution in [2.45, 2.75) is 24.4 Å². The maximum absolute atomic E-state index is 13.2. The summed E-state index contributed by atoms with van der Waals surface area (Å²) in [4.78, 5) is 10.9. The number of rotatable bonds is 6. The summed E-state index contributed by atoms with van der Waals surface area (Å²) >= 11 is 7.01. The quantitative estimate of drug-likeness (QED) is 0.625. The molecule has 0 aliphatic heterocycles. The minimum atomic E-state index is -4.50. The Morgan fingerprint density at radius 3 is 2.52 bits per heavy atom. The SMILES string of the molecule is CCSc1ccc(Oc2cc(Cl)cc(CC(=O)O)c2)cc1C(F)(F)F. The van der Waals surface area contributed by atoms with Crippen molar-refractivity contribution in [1.82, 2.24) is 0 Å². The van der Waals surface area contributed by atoms with E-state index in [1.54, 1.807) is 6.92 Å². The van der Waals surface area contributed by atoms with Crippen molar-refractivity contribution in [2.24, 2.45) is 0 Å². The van der Waals surface area contributed by atoms with Crippen LogP contribution >= 0.6 is 23.4 Å². The van der Waals surface area contributed by atoms with Crippen LogP contribution in [-0.2, 0) is 17.4 Å². The molecule has 0 radical (unpaired) electrons. The molecule has 0 heterocycles. The maximum atomic E-state index is 13.2. The fraction of sp³-hybridized carbons (Fsp3) is 0.235. The molecule has 0 aliphatic rings. The van der Waals surface area contributed by atoms with Crippen molar-refractivity contribution in [2.75, 3.05) is 5.75 Å². The van der Waals surface area contributed by atoms with Crippen LogP contribution in [0, 0.1) is 0 Å². The minimum absolute atomic E-state index is 0.00341. The van der Waals surface area contributed by atoms with Crippen LogP contribution in [0.5, 0.6) is 11.5 Å². The lowest BCUT2D eigenvalue weighted by Crippen LogP contribution is -2.07. The number of alkyl halides is 3. The molecule has 1 N–H and O–H groups in total. The van der Waals surface area contributed by atoms with Gasteiger partial charge in [0.2, 0.25) is 0 Å². The number of aliphatic carboxylic acids is 1. The highest BCUT2D eigenvalue weighted by molar-refractivity contribution is 7.99. The van der Waals surface area contributed by atoms with Crippen LogP contribution in [0.3, 0.4) is 0 Å². The van der Waals surface area contributed by atoms with Gasteiger partial charge in [-0.15, -0.1) is 11.8 Å². The fourth-order valence-corrected chi connectivity index (χ4v) is 3.22. The molecular weight excluding hydrogens is 377 g/mol. The Bertz CT molecular complexity index is 778. The average molecular weight is 391 g/mol. The summed E-state index contributed by atoms with van der Waals surface area (Å²) in [7, 11) is 0. The third-order valence-corrected chi connectivity index (χ3v) is 4.25. The molecule has 0 aliphatic carbocycles. The van der Waals surface area contributed by atoms with Gasteiger partial charge >= 0.3 is 12.1 Å². The summed E-state index contributed by atoms with van der Waals surface area (Å²) in [6.45, 7) is 1.77. The highest BCUT2D eigenvalue weighted by Crippen LogP contribution is 2.39. The second-order valence-corrected chi connectivity index (χ2v) is 6.80. The van der Waals surface area contributed by atoms with E-state index in [0.29, 0.717) is 11.3 Å². The predicted molar refractivity (Wildman–Crippen MR) is 90.7 cm³/mol. The molecule has 0 atom stereocenters. The average Bonchev–Trinajstić information content (AvgIpc) is 2.46. The van der Waals surface area contributed by atoms with E-state index < -0.39 is 17.7 Å². The molecule has 134 valence electrons. The molecular formula is C17H14ClF3O3S. The van der Waals surface area contributed by atoms with Gasteiger partial charge in [-0.05, 0) is 47.7 Å². The molecule has 2 aromatic rings. The molecule has 0 amide bonds. The fourth-order valence-electron chi connectivity index (χ4n) is 2.17. The second kappa shape index (κ2) is 8.01.